The van der Waals surface area contributed by atoms with Crippen LogP contribution in [-0.2, 0) is 16.1 Å². The van der Waals surface area contributed by atoms with Crippen LogP contribution in [0.25, 0.3) is 11.0 Å². The highest BCUT2D eigenvalue weighted by atomic mass is 16.5. The number of fused-ring (bicyclic) bond motifs is 1. The zero-order valence-corrected chi connectivity index (χ0v) is 16.4. The summed E-state index contributed by atoms with van der Waals surface area (Å²) < 4.78 is 6.99. The maximum atomic E-state index is 12.6. The van der Waals surface area contributed by atoms with Gasteiger partial charge in [0.2, 0.25) is 5.91 Å². The highest BCUT2D eigenvalue weighted by Crippen LogP contribution is 2.17. The molecule has 0 bridgehead atoms. The van der Waals surface area contributed by atoms with E-state index in [4.69, 9.17) is 4.74 Å². The van der Waals surface area contributed by atoms with Gasteiger partial charge in [-0.2, -0.15) is 0 Å². The predicted octanol–water partition coefficient (Wildman–Crippen LogP) is 1.16. The van der Waals surface area contributed by atoms with Gasteiger partial charge < -0.3 is 14.6 Å². The van der Waals surface area contributed by atoms with E-state index >= 15 is 0 Å². The van der Waals surface area contributed by atoms with Gasteiger partial charge in [-0.15, -0.1) is 0 Å². The Morgan fingerprint density at radius 3 is 2.59 bits per heavy atom. The lowest BCUT2D eigenvalue weighted by atomic mass is 10.1. The molecule has 1 aliphatic heterocycles. The molecule has 1 amide bonds. The molecule has 1 aliphatic rings. The largest absolute Gasteiger partial charge is 0.379 e. The number of amides is 1. The molecule has 0 atom stereocenters. The quantitative estimate of drug-likeness (QED) is 0.824. The van der Waals surface area contributed by atoms with Crippen molar-refractivity contribution in [3.8, 4) is 0 Å². The molecule has 1 aromatic heterocycles. The molecule has 2 aromatic rings. The molecule has 0 saturated carbocycles. The molecule has 0 aliphatic carbocycles. The van der Waals surface area contributed by atoms with Crippen LogP contribution in [0.4, 0.5) is 0 Å². The van der Waals surface area contributed by atoms with Crippen LogP contribution < -0.4 is 10.9 Å². The average Bonchev–Trinajstić information content (AvgIpc) is 2.65. The number of ether oxygens (including phenoxy) is 1. The van der Waals surface area contributed by atoms with Crippen LogP contribution in [0.1, 0.15) is 23.2 Å². The van der Waals surface area contributed by atoms with Gasteiger partial charge in [-0.1, -0.05) is 0 Å². The first-order chi connectivity index (χ1) is 13.0. The number of benzene rings is 1. The second-order valence-corrected chi connectivity index (χ2v) is 7.13. The standard InChI is InChI=1S/C20H28N4O3/c1-14-12-17-18(13-15(14)2)24(20(26)16(3)22-17)6-4-19(25)21-5-7-23-8-10-27-11-9-23/h12-13H,4-11H2,1-3H3,(H,21,25). The first-order valence-electron chi connectivity index (χ1n) is 9.51. The monoisotopic (exact) mass is 372 g/mol. The van der Waals surface area contributed by atoms with Gasteiger partial charge in [-0.3, -0.25) is 14.5 Å². The second kappa shape index (κ2) is 8.63. The van der Waals surface area contributed by atoms with E-state index in [0.717, 1.165) is 55.0 Å². The number of hydrogen-bond donors (Lipinski definition) is 1. The van der Waals surface area contributed by atoms with Crippen LogP contribution in [0.15, 0.2) is 16.9 Å². The lowest BCUT2D eigenvalue weighted by Crippen LogP contribution is -2.41. The molecule has 2 heterocycles. The summed E-state index contributed by atoms with van der Waals surface area (Å²) in [6.07, 6.45) is 0.272. The zero-order chi connectivity index (χ0) is 19.4. The van der Waals surface area contributed by atoms with Crippen molar-refractivity contribution in [1.29, 1.82) is 0 Å². The Morgan fingerprint density at radius 2 is 1.85 bits per heavy atom. The molecule has 1 saturated heterocycles. The molecule has 3 rings (SSSR count). The molecule has 1 N–H and O–H groups in total. The van der Waals surface area contributed by atoms with E-state index < -0.39 is 0 Å². The molecule has 1 fully saturated rings. The van der Waals surface area contributed by atoms with Crippen LogP contribution in [0, 0.1) is 20.8 Å². The molecule has 1 aromatic carbocycles. The molecule has 7 heteroatoms. The molecular formula is C20H28N4O3. The molecule has 27 heavy (non-hydrogen) atoms. The second-order valence-electron chi connectivity index (χ2n) is 7.13. The number of nitrogens with one attached hydrogen (secondary N) is 1. The number of aryl methyl sites for hydroxylation is 4. The number of aromatic nitrogens is 2. The van der Waals surface area contributed by atoms with Gasteiger partial charge in [0.15, 0.2) is 0 Å². The average molecular weight is 372 g/mol. The van der Waals surface area contributed by atoms with Crippen molar-refractivity contribution in [3.05, 3.63) is 39.3 Å². The fourth-order valence-corrected chi connectivity index (χ4v) is 3.33. The summed E-state index contributed by atoms with van der Waals surface area (Å²) in [5.41, 5.74) is 4.15. The van der Waals surface area contributed by atoms with E-state index in [9.17, 15) is 9.59 Å². The van der Waals surface area contributed by atoms with E-state index in [-0.39, 0.29) is 17.9 Å². The third-order valence-electron chi connectivity index (χ3n) is 5.14. The lowest BCUT2D eigenvalue weighted by Gasteiger charge is -2.26. The topological polar surface area (TPSA) is 76.5 Å². The highest BCUT2D eigenvalue weighted by molar-refractivity contribution is 5.78. The number of rotatable bonds is 6. The van der Waals surface area contributed by atoms with Crippen molar-refractivity contribution in [2.24, 2.45) is 0 Å². The van der Waals surface area contributed by atoms with Gasteiger partial charge in [-0.05, 0) is 44.0 Å². The number of hydrogen-bond acceptors (Lipinski definition) is 5. The first-order valence-corrected chi connectivity index (χ1v) is 9.51. The van der Waals surface area contributed by atoms with Crippen molar-refractivity contribution >= 4 is 16.9 Å². The van der Waals surface area contributed by atoms with Gasteiger partial charge in [0.1, 0.15) is 5.69 Å². The maximum absolute atomic E-state index is 12.6. The summed E-state index contributed by atoms with van der Waals surface area (Å²) in [6, 6.07) is 3.98. The Labute approximate surface area is 159 Å². The van der Waals surface area contributed by atoms with Crippen LogP contribution in [-0.4, -0.2) is 59.8 Å². The molecular weight excluding hydrogens is 344 g/mol. The van der Waals surface area contributed by atoms with Crippen LogP contribution >= 0.6 is 0 Å². The smallest absolute Gasteiger partial charge is 0.272 e. The fraction of sp³-hybridized carbons (Fsp3) is 0.550. The third kappa shape index (κ3) is 4.73. The minimum Gasteiger partial charge on any atom is -0.379 e. The molecule has 0 unspecified atom stereocenters. The number of carbonyl (C=O) groups is 1. The normalized spacial score (nSPS) is 15.2. The lowest BCUT2D eigenvalue weighted by molar-refractivity contribution is -0.121. The Kier molecular flexibility index (Phi) is 6.23. The summed E-state index contributed by atoms with van der Waals surface area (Å²) in [7, 11) is 0. The van der Waals surface area contributed by atoms with Crippen molar-refractivity contribution in [2.75, 3.05) is 39.4 Å². The minimum absolute atomic E-state index is 0.0402. The Hall–Kier alpha value is -2.25. The molecule has 146 valence electrons. The number of carbonyl (C=O) groups excluding carboxylic acids is 1. The third-order valence-corrected chi connectivity index (χ3v) is 5.14. The summed E-state index contributed by atoms with van der Waals surface area (Å²) in [4.78, 5) is 31.5. The van der Waals surface area contributed by atoms with Crippen LogP contribution in [0.5, 0.6) is 0 Å². The zero-order valence-electron chi connectivity index (χ0n) is 16.4. The van der Waals surface area contributed by atoms with Gasteiger partial charge in [0.25, 0.3) is 5.56 Å². The van der Waals surface area contributed by atoms with E-state index in [2.05, 4.69) is 15.2 Å². The Morgan fingerprint density at radius 1 is 1.15 bits per heavy atom. The Bertz CT molecular complexity index is 885. The number of morpholine rings is 1. The van der Waals surface area contributed by atoms with Gasteiger partial charge in [0, 0.05) is 39.1 Å². The predicted molar refractivity (Wildman–Crippen MR) is 105 cm³/mol. The van der Waals surface area contributed by atoms with E-state index in [1.807, 2.05) is 26.0 Å². The number of nitrogens with zero attached hydrogens (tertiary/aromatic N) is 3. The first kappa shape index (κ1) is 19.5. The molecule has 7 nitrogen and oxygen atoms in total. The van der Waals surface area contributed by atoms with Crippen molar-refractivity contribution in [2.45, 2.75) is 33.7 Å². The molecule has 0 radical (unpaired) electrons. The van der Waals surface area contributed by atoms with Crippen molar-refractivity contribution < 1.29 is 9.53 Å². The van der Waals surface area contributed by atoms with E-state index in [1.165, 1.54) is 0 Å². The van der Waals surface area contributed by atoms with Crippen molar-refractivity contribution in [3.63, 3.8) is 0 Å². The summed E-state index contributed by atoms with van der Waals surface area (Å²) in [5.74, 6) is -0.0402. The maximum Gasteiger partial charge on any atom is 0.272 e. The summed E-state index contributed by atoms with van der Waals surface area (Å²) in [6.45, 7) is 10.9. The molecule has 0 spiro atoms. The van der Waals surface area contributed by atoms with Gasteiger partial charge in [-0.25, -0.2) is 4.98 Å². The van der Waals surface area contributed by atoms with Crippen LogP contribution in [0.2, 0.25) is 0 Å². The van der Waals surface area contributed by atoms with Gasteiger partial charge >= 0.3 is 0 Å². The summed E-state index contributed by atoms with van der Waals surface area (Å²) in [5, 5.41) is 2.95. The Balaban J connectivity index is 1.63. The van der Waals surface area contributed by atoms with Crippen molar-refractivity contribution in [1.82, 2.24) is 19.8 Å². The van der Waals surface area contributed by atoms with Gasteiger partial charge in [0.05, 0.1) is 24.2 Å². The van der Waals surface area contributed by atoms with E-state index in [0.29, 0.717) is 18.8 Å². The van der Waals surface area contributed by atoms with Crippen LogP contribution in [0.3, 0.4) is 0 Å². The SMILES string of the molecule is Cc1cc2nc(C)c(=O)n(CCC(=O)NCCN3CCOCC3)c2cc1C. The summed E-state index contributed by atoms with van der Waals surface area (Å²) >= 11 is 0. The van der Waals surface area contributed by atoms with E-state index in [1.54, 1.807) is 11.5 Å². The fourth-order valence-electron chi connectivity index (χ4n) is 3.33. The highest BCUT2D eigenvalue weighted by Gasteiger charge is 2.13. The minimum atomic E-state index is -0.133.